The minimum atomic E-state index is 0.0328. The predicted molar refractivity (Wildman–Crippen MR) is 117 cm³/mol. The van der Waals surface area contributed by atoms with Gasteiger partial charge in [0.2, 0.25) is 11.8 Å². The average molecular weight is 396 g/mol. The number of rotatable bonds is 6. The van der Waals surface area contributed by atoms with Crippen molar-refractivity contribution in [2.24, 2.45) is 0 Å². The van der Waals surface area contributed by atoms with Crippen LogP contribution in [0.3, 0.4) is 0 Å². The van der Waals surface area contributed by atoms with Crippen LogP contribution in [0.25, 0.3) is 0 Å². The fraction of sp³-hybridized carbons (Fsp3) is 0.500. The van der Waals surface area contributed by atoms with E-state index in [1.807, 2.05) is 26.0 Å². The minimum absolute atomic E-state index is 0.0328. The number of aromatic nitrogens is 1. The van der Waals surface area contributed by atoms with Crippen LogP contribution in [-0.2, 0) is 24.2 Å². The zero-order valence-corrected chi connectivity index (χ0v) is 18.0. The Kier molecular flexibility index (Phi) is 7.64. The minimum Gasteiger partial charge on any atom is -0.478 e. The van der Waals surface area contributed by atoms with Crippen molar-refractivity contribution in [1.82, 2.24) is 9.88 Å². The highest BCUT2D eigenvalue weighted by Crippen LogP contribution is 2.23. The van der Waals surface area contributed by atoms with E-state index in [2.05, 4.69) is 40.3 Å². The quantitative estimate of drug-likeness (QED) is 0.731. The molecule has 1 aromatic heterocycles. The third kappa shape index (κ3) is 5.80. The van der Waals surface area contributed by atoms with Crippen molar-refractivity contribution >= 4 is 11.7 Å². The monoisotopic (exact) mass is 395 g/mol. The first kappa shape index (κ1) is 21.3. The number of nitrogens with zero attached hydrogens (tertiary/aromatic N) is 2. The van der Waals surface area contributed by atoms with Crippen molar-refractivity contribution in [3.8, 4) is 5.88 Å². The summed E-state index contributed by atoms with van der Waals surface area (Å²) in [6.45, 7) is 10.1. The van der Waals surface area contributed by atoms with E-state index >= 15 is 0 Å². The molecule has 29 heavy (non-hydrogen) atoms. The number of hydrogen-bond acceptors (Lipinski definition) is 4. The molecule has 1 N–H and O–H groups in total. The average Bonchev–Trinajstić information content (AvgIpc) is 2.74. The Balaban J connectivity index is 0.00000117. The van der Waals surface area contributed by atoms with E-state index in [0.717, 1.165) is 50.9 Å². The molecule has 2 aromatic rings. The number of ether oxygens (including phenoxy) is 1. The number of anilines is 1. The number of carbonyl (C=O) groups is 1. The number of unbranched alkanes of at least 4 members (excludes halogenated alkanes) is 1. The van der Waals surface area contributed by atoms with Gasteiger partial charge in [0.05, 0.1) is 6.61 Å². The van der Waals surface area contributed by atoms with Crippen LogP contribution in [0.4, 0.5) is 5.82 Å². The van der Waals surface area contributed by atoms with Gasteiger partial charge in [0, 0.05) is 25.6 Å². The molecule has 0 spiro atoms. The molecule has 0 aliphatic carbocycles. The van der Waals surface area contributed by atoms with Crippen molar-refractivity contribution < 1.29 is 9.53 Å². The summed E-state index contributed by atoms with van der Waals surface area (Å²) < 4.78 is 5.79. The Morgan fingerprint density at radius 2 is 1.86 bits per heavy atom. The molecule has 0 unspecified atom stereocenters. The lowest BCUT2D eigenvalue weighted by molar-refractivity contribution is -0.116. The van der Waals surface area contributed by atoms with E-state index in [1.165, 1.54) is 16.7 Å². The first-order chi connectivity index (χ1) is 14.2. The molecule has 0 saturated carbocycles. The maximum Gasteiger partial charge on any atom is 0.225 e. The molecule has 5 heteroatoms. The lowest BCUT2D eigenvalue weighted by Gasteiger charge is -2.29. The van der Waals surface area contributed by atoms with Crippen molar-refractivity contribution in [3.05, 3.63) is 52.6 Å². The molecule has 1 amide bonds. The number of amides is 1. The summed E-state index contributed by atoms with van der Waals surface area (Å²) in [6, 6.07) is 10.7. The van der Waals surface area contributed by atoms with Crippen molar-refractivity contribution in [3.63, 3.8) is 0 Å². The summed E-state index contributed by atoms with van der Waals surface area (Å²) in [5.41, 5.74) is 5.42. The van der Waals surface area contributed by atoms with Crippen molar-refractivity contribution in [2.75, 3.05) is 25.0 Å². The van der Waals surface area contributed by atoms with E-state index in [1.54, 1.807) is 0 Å². The van der Waals surface area contributed by atoms with Crippen LogP contribution in [0, 0.1) is 6.92 Å². The largest absolute Gasteiger partial charge is 0.478 e. The maximum absolute atomic E-state index is 11.5. The molecule has 156 valence electrons. The van der Waals surface area contributed by atoms with Crippen molar-refractivity contribution in [2.45, 2.75) is 59.4 Å². The zero-order chi connectivity index (χ0) is 20.6. The first-order valence-corrected chi connectivity index (χ1v) is 10.9. The topological polar surface area (TPSA) is 54.5 Å². The third-order valence-corrected chi connectivity index (χ3v) is 5.40. The Labute approximate surface area is 174 Å². The fourth-order valence-corrected chi connectivity index (χ4v) is 3.85. The van der Waals surface area contributed by atoms with Gasteiger partial charge in [-0.2, -0.15) is 4.98 Å². The van der Waals surface area contributed by atoms with Crippen LogP contribution in [0.1, 0.15) is 55.4 Å². The summed E-state index contributed by atoms with van der Waals surface area (Å²) in [7, 11) is 0. The van der Waals surface area contributed by atoms with Crippen LogP contribution >= 0.6 is 0 Å². The van der Waals surface area contributed by atoms with Crippen LogP contribution in [0.15, 0.2) is 30.3 Å². The van der Waals surface area contributed by atoms with Gasteiger partial charge in [0.15, 0.2) is 0 Å². The smallest absolute Gasteiger partial charge is 0.225 e. The maximum atomic E-state index is 11.5. The van der Waals surface area contributed by atoms with Crippen LogP contribution in [-0.4, -0.2) is 35.5 Å². The number of pyridine rings is 1. The summed E-state index contributed by atoms with van der Waals surface area (Å²) in [4.78, 5) is 18.4. The van der Waals surface area contributed by atoms with Gasteiger partial charge < -0.3 is 10.1 Å². The molecule has 0 fully saturated rings. The number of fused-ring (bicyclic) bond motifs is 2. The standard InChI is InChI=1S/C22H27N3O2.C2H6/c1-16-4-5-17-10-12-25(15-19(17)14-16)11-2-3-13-27-21-9-7-18-6-8-20(26)23-22(18)24-21;1-2/h4-5,7,9,14H,2-3,6,8,10-13,15H2,1H3,(H,23,24,26);1-2H3. The lowest BCUT2D eigenvalue weighted by Crippen LogP contribution is -2.31. The van der Waals surface area contributed by atoms with Gasteiger partial charge in [-0.05, 0) is 61.9 Å². The van der Waals surface area contributed by atoms with Gasteiger partial charge in [-0.25, -0.2) is 0 Å². The highest BCUT2D eigenvalue weighted by atomic mass is 16.5. The molecule has 2 aliphatic heterocycles. The molecule has 3 heterocycles. The Bertz CT molecular complexity index is 835. The molecule has 1 aromatic carbocycles. The molecule has 0 saturated heterocycles. The van der Waals surface area contributed by atoms with Gasteiger partial charge in [-0.3, -0.25) is 9.69 Å². The van der Waals surface area contributed by atoms with Crippen LogP contribution < -0.4 is 10.1 Å². The summed E-state index contributed by atoms with van der Waals surface area (Å²) >= 11 is 0. The van der Waals surface area contributed by atoms with Gasteiger partial charge in [0.25, 0.3) is 0 Å². The third-order valence-electron chi connectivity index (χ3n) is 5.40. The number of aryl methyl sites for hydroxylation is 2. The normalized spacial score (nSPS) is 15.5. The molecular formula is C24H33N3O2. The van der Waals surface area contributed by atoms with E-state index in [0.29, 0.717) is 24.7 Å². The summed E-state index contributed by atoms with van der Waals surface area (Å²) in [6.07, 6.45) is 4.56. The highest BCUT2D eigenvalue weighted by molar-refractivity contribution is 5.92. The van der Waals surface area contributed by atoms with Gasteiger partial charge in [-0.1, -0.05) is 37.6 Å². The predicted octanol–water partition coefficient (Wildman–Crippen LogP) is 4.52. The Hall–Kier alpha value is -2.40. The van der Waals surface area contributed by atoms with E-state index in [-0.39, 0.29) is 5.91 Å². The first-order valence-electron chi connectivity index (χ1n) is 10.9. The number of nitrogens with one attached hydrogen (secondary N) is 1. The van der Waals surface area contributed by atoms with E-state index in [4.69, 9.17) is 4.74 Å². The second kappa shape index (κ2) is 10.4. The number of carbonyl (C=O) groups excluding carboxylic acids is 1. The Morgan fingerprint density at radius 1 is 1.03 bits per heavy atom. The molecular weight excluding hydrogens is 362 g/mol. The molecule has 0 bridgehead atoms. The fourth-order valence-electron chi connectivity index (χ4n) is 3.85. The number of benzene rings is 1. The molecule has 5 nitrogen and oxygen atoms in total. The molecule has 4 rings (SSSR count). The second-order valence-corrected chi connectivity index (χ2v) is 7.56. The highest BCUT2D eigenvalue weighted by Gasteiger charge is 2.17. The van der Waals surface area contributed by atoms with Gasteiger partial charge >= 0.3 is 0 Å². The molecule has 2 aliphatic rings. The second-order valence-electron chi connectivity index (χ2n) is 7.56. The van der Waals surface area contributed by atoms with Crippen LogP contribution in [0.5, 0.6) is 5.88 Å². The van der Waals surface area contributed by atoms with E-state index < -0.39 is 0 Å². The summed E-state index contributed by atoms with van der Waals surface area (Å²) in [5.74, 6) is 1.29. The van der Waals surface area contributed by atoms with Gasteiger partial charge in [-0.15, -0.1) is 0 Å². The molecule has 0 atom stereocenters. The SMILES string of the molecule is CC.Cc1ccc2c(c1)CN(CCCCOc1ccc3c(n1)NC(=O)CC3)CC2. The molecule has 0 radical (unpaired) electrons. The number of hydrogen-bond donors (Lipinski definition) is 1. The van der Waals surface area contributed by atoms with Gasteiger partial charge in [0.1, 0.15) is 5.82 Å². The Morgan fingerprint density at radius 3 is 2.72 bits per heavy atom. The summed E-state index contributed by atoms with van der Waals surface area (Å²) in [5, 5.41) is 2.82. The lowest BCUT2D eigenvalue weighted by atomic mass is 9.97. The van der Waals surface area contributed by atoms with E-state index in [9.17, 15) is 4.79 Å². The van der Waals surface area contributed by atoms with Crippen LogP contribution in [0.2, 0.25) is 0 Å². The zero-order valence-electron chi connectivity index (χ0n) is 18.0. The van der Waals surface area contributed by atoms with Crippen molar-refractivity contribution in [1.29, 1.82) is 0 Å².